The van der Waals surface area contributed by atoms with Crippen LogP contribution in [0.3, 0.4) is 0 Å². The molecule has 0 aliphatic carbocycles. The van der Waals surface area contributed by atoms with Crippen molar-refractivity contribution >= 4 is 29.4 Å². The van der Waals surface area contributed by atoms with E-state index in [2.05, 4.69) is 26.6 Å². The number of alkyl halides is 3. The molecule has 0 spiro atoms. The van der Waals surface area contributed by atoms with Crippen molar-refractivity contribution in [2.75, 3.05) is 18.4 Å². The lowest BCUT2D eigenvalue weighted by Gasteiger charge is -2.26. The van der Waals surface area contributed by atoms with Crippen molar-refractivity contribution < 1.29 is 37.1 Å². The number of urea groups is 1. The lowest BCUT2D eigenvalue weighted by Crippen LogP contribution is -2.55. The van der Waals surface area contributed by atoms with Gasteiger partial charge in [-0.2, -0.15) is 13.2 Å². The molecular formula is C42H50F3N7O5. The quantitative estimate of drug-likeness (QED) is 0.0528. The lowest BCUT2D eigenvalue weighted by molar-refractivity contribution is -0.137. The Morgan fingerprint density at radius 3 is 1.75 bits per heavy atom. The van der Waals surface area contributed by atoms with E-state index in [1.165, 1.54) is 12.1 Å². The molecule has 304 valence electrons. The number of unbranched alkanes of at least 4 members (excludes halogenated alkanes) is 2. The van der Waals surface area contributed by atoms with E-state index in [1.807, 2.05) is 30.3 Å². The molecule has 0 unspecified atom stereocenters. The number of ether oxygens (including phenoxy) is 1. The number of nitrogens with two attached hydrogens (primary N) is 2. The summed E-state index contributed by atoms with van der Waals surface area (Å²) >= 11 is 0. The minimum absolute atomic E-state index is 0.00459. The molecule has 0 radical (unpaired) electrons. The second kappa shape index (κ2) is 22.6. The molecule has 57 heavy (non-hydrogen) atoms. The van der Waals surface area contributed by atoms with Crippen molar-refractivity contribution in [2.24, 2.45) is 11.5 Å². The molecule has 0 aliphatic rings. The van der Waals surface area contributed by atoms with Crippen molar-refractivity contribution in [1.82, 2.24) is 21.3 Å². The SMILES string of the molecule is NCCCC[C@H](NC(=O)Nc1ccccc1)C(=O)N[C@@H](CCCCN)C(=O)N[C@H](C(=O)NCc1ccccc1)c1ccc(OCc2ccc(C(F)(F)F)cc2)cc1. The average Bonchev–Trinajstić information content (AvgIpc) is 3.21. The third-order valence-electron chi connectivity index (χ3n) is 8.94. The average molecular weight is 790 g/mol. The van der Waals surface area contributed by atoms with Crippen LogP contribution in [-0.2, 0) is 33.7 Å². The summed E-state index contributed by atoms with van der Waals surface area (Å²) < 4.78 is 44.7. The highest BCUT2D eigenvalue weighted by atomic mass is 19.4. The zero-order valence-corrected chi connectivity index (χ0v) is 31.5. The summed E-state index contributed by atoms with van der Waals surface area (Å²) in [6.07, 6.45) is -1.76. The minimum atomic E-state index is -4.45. The van der Waals surface area contributed by atoms with Gasteiger partial charge in [0.1, 0.15) is 30.5 Å². The highest BCUT2D eigenvalue weighted by molar-refractivity contribution is 5.96. The number of nitrogens with one attached hydrogen (secondary N) is 5. The second-order valence-electron chi connectivity index (χ2n) is 13.3. The molecule has 5 amide bonds. The van der Waals surface area contributed by atoms with Gasteiger partial charge in [0.15, 0.2) is 0 Å². The first-order valence-electron chi connectivity index (χ1n) is 18.8. The Labute approximate surface area is 330 Å². The van der Waals surface area contributed by atoms with Gasteiger partial charge in [0, 0.05) is 12.2 Å². The zero-order valence-electron chi connectivity index (χ0n) is 31.5. The summed E-state index contributed by atoms with van der Waals surface area (Å²) in [6, 6.07) is 25.1. The number of anilines is 1. The second-order valence-corrected chi connectivity index (χ2v) is 13.3. The minimum Gasteiger partial charge on any atom is -0.489 e. The van der Waals surface area contributed by atoms with Crippen LogP contribution in [0.25, 0.3) is 0 Å². The lowest BCUT2D eigenvalue weighted by atomic mass is 10.0. The maximum absolute atomic E-state index is 14.0. The predicted octanol–water partition coefficient (Wildman–Crippen LogP) is 5.69. The summed E-state index contributed by atoms with van der Waals surface area (Å²) in [5.41, 5.74) is 13.0. The molecule has 0 fully saturated rings. The van der Waals surface area contributed by atoms with E-state index >= 15 is 0 Å². The van der Waals surface area contributed by atoms with E-state index in [1.54, 1.807) is 54.6 Å². The predicted molar refractivity (Wildman–Crippen MR) is 212 cm³/mol. The first kappa shape index (κ1) is 43.8. The van der Waals surface area contributed by atoms with E-state index in [0.29, 0.717) is 61.3 Å². The van der Waals surface area contributed by atoms with Crippen LogP contribution in [0.5, 0.6) is 5.75 Å². The fourth-order valence-corrected chi connectivity index (χ4v) is 5.79. The molecular weight excluding hydrogens is 740 g/mol. The summed E-state index contributed by atoms with van der Waals surface area (Å²) in [7, 11) is 0. The molecule has 0 aliphatic heterocycles. The van der Waals surface area contributed by atoms with Crippen molar-refractivity contribution in [3.05, 3.63) is 131 Å². The number of carbonyl (C=O) groups excluding carboxylic acids is 4. The molecule has 15 heteroatoms. The van der Waals surface area contributed by atoms with Crippen molar-refractivity contribution in [2.45, 2.75) is 76.0 Å². The van der Waals surface area contributed by atoms with Crippen LogP contribution in [0.4, 0.5) is 23.7 Å². The fraction of sp³-hybridized carbons (Fsp3) is 0.333. The van der Waals surface area contributed by atoms with Crippen molar-refractivity contribution in [3.8, 4) is 5.75 Å². The zero-order chi connectivity index (χ0) is 41.0. The first-order chi connectivity index (χ1) is 27.5. The molecule has 0 saturated carbocycles. The third kappa shape index (κ3) is 14.9. The van der Waals surface area contributed by atoms with Gasteiger partial charge in [-0.1, -0.05) is 72.8 Å². The summed E-state index contributed by atoms with van der Waals surface area (Å²) in [4.78, 5) is 54.5. The Balaban J connectivity index is 1.51. The first-order valence-corrected chi connectivity index (χ1v) is 18.8. The van der Waals surface area contributed by atoms with Crippen LogP contribution in [0.1, 0.15) is 66.8 Å². The molecule has 0 bridgehead atoms. The molecule has 4 aromatic rings. The Morgan fingerprint density at radius 1 is 0.614 bits per heavy atom. The number of amides is 5. The van der Waals surface area contributed by atoms with Crippen LogP contribution in [-0.4, -0.2) is 48.9 Å². The molecule has 0 saturated heterocycles. The normalized spacial score (nSPS) is 12.7. The van der Waals surface area contributed by atoms with Crippen LogP contribution in [0, 0.1) is 0 Å². The Kier molecular flexibility index (Phi) is 17.3. The monoisotopic (exact) mass is 789 g/mol. The van der Waals surface area contributed by atoms with Gasteiger partial charge in [0.2, 0.25) is 17.7 Å². The number of carbonyl (C=O) groups is 4. The van der Waals surface area contributed by atoms with Crippen molar-refractivity contribution in [1.29, 1.82) is 0 Å². The molecule has 3 atom stereocenters. The smallest absolute Gasteiger partial charge is 0.416 e. The highest BCUT2D eigenvalue weighted by Gasteiger charge is 2.31. The number of hydrogen-bond donors (Lipinski definition) is 7. The Bertz CT molecular complexity index is 1850. The summed E-state index contributed by atoms with van der Waals surface area (Å²) in [6.45, 7) is 0.936. The van der Waals surface area contributed by atoms with Crippen LogP contribution < -0.4 is 42.8 Å². The van der Waals surface area contributed by atoms with Gasteiger partial charge in [0.25, 0.3) is 0 Å². The van der Waals surface area contributed by atoms with Crippen molar-refractivity contribution in [3.63, 3.8) is 0 Å². The maximum Gasteiger partial charge on any atom is 0.416 e. The van der Waals surface area contributed by atoms with Gasteiger partial charge in [0.05, 0.1) is 5.56 Å². The van der Waals surface area contributed by atoms with Crippen LogP contribution in [0.15, 0.2) is 109 Å². The molecule has 12 nitrogen and oxygen atoms in total. The van der Waals surface area contributed by atoms with E-state index < -0.39 is 53.6 Å². The number of hydrogen-bond acceptors (Lipinski definition) is 7. The van der Waals surface area contributed by atoms with Gasteiger partial charge in [-0.3, -0.25) is 14.4 Å². The molecule has 4 rings (SSSR count). The van der Waals surface area contributed by atoms with Gasteiger partial charge < -0.3 is 42.8 Å². The highest BCUT2D eigenvalue weighted by Crippen LogP contribution is 2.29. The summed E-state index contributed by atoms with van der Waals surface area (Å²) in [5.74, 6) is -1.35. The largest absolute Gasteiger partial charge is 0.489 e. The number of halogens is 3. The van der Waals surface area contributed by atoms with Gasteiger partial charge in [-0.05, 0) is 105 Å². The summed E-state index contributed by atoms with van der Waals surface area (Å²) in [5, 5.41) is 13.9. The van der Waals surface area contributed by atoms with E-state index in [-0.39, 0.29) is 26.0 Å². The fourth-order valence-electron chi connectivity index (χ4n) is 5.79. The van der Waals surface area contributed by atoms with Gasteiger partial charge in [-0.15, -0.1) is 0 Å². The number of benzene rings is 4. The number of rotatable bonds is 21. The van der Waals surface area contributed by atoms with Gasteiger partial charge in [-0.25, -0.2) is 4.79 Å². The number of para-hydroxylation sites is 1. The van der Waals surface area contributed by atoms with E-state index in [9.17, 15) is 32.3 Å². The molecule has 9 N–H and O–H groups in total. The maximum atomic E-state index is 14.0. The van der Waals surface area contributed by atoms with E-state index in [4.69, 9.17) is 16.2 Å². The van der Waals surface area contributed by atoms with Crippen LogP contribution in [0.2, 0.25) is 0 Å². The van der Waals surface area contributed by atoms with Gasteiger partial charge >= 0.3 is 12.2 Å². The van der Waals surface area contributed by atoms with Crippen LogP contribution >= 0.6 is 0 Å². The molecule has 4 aromatic carbocycles. The Morgan fingerprint density at radius 2 is 1.18 bits per heavy atom. The third-order valence-corrected chi connectivity index (χ3v) is 8.94. The van der Waals surface area contributed by atoms with E-state index in [0.717, 1.165) is 17.7 Å². The topological polar surface area (TPSA) is 190 Å². The molecule has 0 heterocycles. The standard InChI is InChI=1S/C42H50F3N7O5/c43-42(44,45)32-21-17-30(18-22-32)28-57-34-23-19-31(20-24-34)37(40(55)48-27-29-11-3-1-4-12-29)52-39(54)35(15-7-9-25-46)50-38(53)36(16-8-10-26-47)51-41(56)49-33-13-5-2-6-14-33/h1-6,11-14,17-24,35-37H,7-10,15-16,25-28,46-47H2,(H,48,55)(H,50,53)(H,52,54)(H2,49,51,56)/t35-,36-,37-/m0/s1. The Hall–Kier alpha value is -5.93. The molecule has 0 aromatic heterocycles.